The Morgan fingerprint density at radius 1 is 1.56 bits per heavy atom. The number of likely N-dealkylation sites (N-methyl/N-ethyl adjacent to an activating group) is 1. The molecule has 1 amide bonds. The number of carbonyl (C=O) groups is 1. The highest BCUT2D eigenvalue weighted by atomic mass is 16.2. The van der Waals surface area contributed by atoms with Crippen LogP contribution in [0.4, 0.5) is 0 Å². The molecule has 16 heavy (non-hydrogen) atoms. The van der Waals surface area contributed by atoms with Crippen molar-refractivity contribution < 1.29 is 4.79 Å². The second kappa shape index (κ2) is 6.86. The van der Waals surface area contributed by atoms with Crippen LogP contribution in [0.5, 0.6) is 0 Å². The summed E-state index contributed by atoms with van der Waals surface area (Å²) in [4.78, 5) is 14.0. The van der Waals surface area contributed by atoms with Gasteiger partial charge in [-0.25, -0.2) is 0 Å². The number of carbonyl (C=O) groups excluding carboxylic acids is 1. The Labute approximate surface area is 98.8 Å². The van der Waals surface area contributed by atoms with Gasteiger partial charge < -0.3 is 10.6 Å². The molecule has 94 valence electrons. The summed E-state index contributed by atoms with van der Waals surface area (Å²) < 4.78 is 0. The Morgan fingerprint density at radius 3 is 2.81 bits per heavy atom. The normalized spacial score (nSPS) is 21.4. The molecule has 0 aliphatic carbocycles. The monoisotopic (exact) mass is 227 g/mol. The molecule has 2 N–H and O–H groups in total. The van der Waals surface area contributed by atoms with Crippen LogP contribution >= 0.6 is 0 Å². The van der Waals surface area contributed by atoms with Crippen molar-refractivity contribution in [2.75, 3.05) is 26.2 Å². The van der Waals surface area contributed by atoms with E-state index in [4.69, 9.17) is 0 Å². The van der Waals surface area contributed by atoms with Gasteiger partial charge in [-0.3, -0.25) is 9.69 Å². The molecule has 0 radical (unpaired) electrons. The van der Waals surface area contributed by atoms with Gasteiger partial charge in [-0.2, -0.15) is 0 Å². The van der Waals surface area contributed by atoms with Crippen molar-refractivity contribution in [1.82, 2.24) is 15.5 Å². The average molecular weight is 227 g/mol. The van der Waals surface area contributed by atoms with Gasteiger partial charge >= 0.3 is 0 Å². The lowest BCUT2D eigenvalue weighted by Crippen LogP contribution is -2.50. The molecule has 4 heteroatoms. The molecule has 0 aromatic carbocycles. The highest BCUT2D eigenvalue weighted by molar-refractivity contribution is 5.78. The maximum absolute atomic E-state index is 11.7. The van der Waals surface area contributed by atoms with Crippen LogP contribution < -0.4 is 10.6 Å². The van der Waals surface area contributed by atoms with E-state index in [1.807, 2.05) is 13.8 Å². The zero-order chi connectivity index (χ0) is 12.0. The molecule has 1 heterocycles. The van der Waals surface area contributed by atoms with Gasteiger partial charge in [0, 0.05) is 18.6 Å². The predicted molar refractivity (Wildman–Crippen MR) is 66.4 cm³/mol. The second-order valence-corrected chi connectivity index (χ2v) is 4.79. The van der Waals surface area contributed by atoms with E-state index >= 15 is 0 Å². The van der Waals surface area contributed by atoms with Crippen molar-refractivity contribution in [3.63, 3.8) is 0 Å². The lowest BCUT2D eigenvalue weighted by atomic mass is 10.1. The Kier molecular flexibility index (Phi) is 5.77. The van der Waals surface area contributed by atoms with E-state index in [0.29, 0.717) is 12.6 Å². The number of hydrogen-bond acceptors (Lipinski definition) is 3. The maximum Gasteiger partial charge on any atom is 0.234 e. The Bertz CT molecular complexity index is 212. The first-order chi connectivity index (χ1) is 7.63. The lowest BCUT2D eigenvalue weighted by Gasteiger charge is -2.33. The summed E-state index contributed by atoms with van der Waals surface area (Å²) in [6, 6.07) is 0.757. The van der Waals surface area contributed by atoms with Crippen LogP contribution in [0.15, 0.2) is 0 Å². The van der Waals surface area contributed by atoms with Crippen LogP contribution in [0.2, 0.25) is 0 Å². The van der Waals surface area contributed by atoms with Crippen molar-refractivity contribution in [2.24, 2.45) is 0 Å². The average Bonchev–Trinajstić information content (AvgIpc) is 2.26. The van der Waals surface area contributed by atoms with E-state index in [0.717, 1.165) is 19.6 Å². The van der Waals surface area contributed by atoms with E-state index in [9.17, 15) is 4.79 Å². The molecule has 1 atom stereocenters. The zero-order valence-corrected chi connectivity index (χ0v) is 10.8. The minimum atomic E-state index is 0.141. The van der Waals surface area contributed by atoms with Gasteiger partial charge in [0.1, 0.15) is 0 Å². The third-order valence-corrected chi connectivity index (χ3v) is 2.99. The molecule has 0 bridgehead atoms. The summed E-state index contributed by atoms with van der Waals surface area (Å²) in [7, 11) is 0. The molecule has 4 nitrogen and oxygen atoms in total. The second-order valence-electron chi connectivity index (χ2n) is 4.79. The molecule has 1 rings (SSSR count). The summed E-state index contributed by atoms with van der Waals surface area (Å²) in [5.74, 6) is 0.141. The standard InChI is InChI=1S/C12H25N3O/c1-4-15(9-12(16)14-10(2)3)11-6-5-7-13-8-11/h10-11,13H,4-9H2,1-3H3,(H,14,16). The fourth-order valence-corrected chi connectivity index (χ4v) is 2.20. The summed E-state index contributed by atoms with van der Waals surface area (Å²) in [5, 5.41) is 6.34. The quantitative estimate of drug-likeness (QED) is 0.722. The topological polar surface area (TPSA) is 44.4 Å². The zero-order valence-electron chi connectivity index (χ0n) is 10.8. The van der Waals surface area contributed by atoms with E-state index in [1.54, 1.807) is 0 Å². The largest absolute Gasteiger partial charge is 0.353 e. The van der Waals surface area contributed by atoms with Crippen LogP contribution in [-0.2, 0) is 4.79 Å². The van der Waals surface area contributed by atoms with Gasteiger partial charge in [0.05, 0.1) is 6.54 Å². The molecule has 1 saturated heterocycles. The Balaban J connectivity index is 2.37. The number of nitrogens with zero attached hydrogens (tertiary/aromatic N) is 1. The smallest absolute Gasteiger partial charge is 0.234 e. The minimum Gasteiger partial charge on any atom is -0.353 e. The van der Waals surface area contributed by atoms with Gasteiger partial charge in [0.25, 0.3) is 0 Å². The summed E-state index contributed by atoms with van der Waals surface area (Å²) in [6.45, 7) is 9.72. The van der Waals surface area contributed by atoms with Gasteiger partial charge in [-0.15, -0.1) is 0 Å². The summed E-state index contributed by atoms with van der Waals surface area (Å²) >= 11 is 0. The molecule has 0 spiro atoms. The Morgan fingerprint density at radius 2 is 2.31 bits per heavy atom. The first-order valence-corrected chi connectivity index (χ1v) is 6.37. The number of rotatable bonds is 5. The van der Waals surface area contributed by atoms with Crippen LogP contribution in [0.25, 0.3) is 0 Å². The SMILES string of the molecule is CCN(CC(=O)NC(C)C)C1CCCNC1. The molecule has 0 aromatic heterocycles. The number of piperidine rings is 1. The number of hydrogen-bond donors (Lipinski definition) is 2. The van der Waals surface area contributed by atoms with Crippen molar-refractivity contribution in [1.29, 1.82) is 0 Å². The fraction of sp³-hybridized carbons (Fsp3) is 0.917. The van der Waals surface area contributed by atoms with E-state index in [2.05, 4.69) is 22.5 Å². The Hall–Kier alpha value is -0.610. The van der Waals surface area contributed by atoms with Gasteiger partial charge in [0.2, 0.25) is 5.91 Å². The number of amides is 1. The fourth-order valence-electron chi connectivity index (χ4n) is 2.20. The summed E-state index contributed by atoms with van der Waals surface area (Å²) in [5.41, 5.74) is 0. The number of nitrogens with one attached hydrogen (secondary N) is 2. The predicted octanol–water partition coefficient (Wildman–Crippen LogP) is 0.585. The van der Waals surface area contributed by atoms with E-state index in [-0.39, 0.29) is 11.9 Å². The highest BCUT2D eigenvalue weighted by Gasteiger charge is 2.21. The molecular formula is C12H25N3O. The third-order valence-electron chi connectivity index (χ3n) is 2.99. The van der Waals surface area contributed by atoms with Crippen molar-refractivity contribution in [2.45, 2.75) is 45.7 Å². The minimum absolute atomic E-state index is 0.141. The van der Waals surface area contributed by atoms with Crippen LogP contribution in [0, 0.1) is 0 Å². The third kappa shape index (κ3) is 4.49. The molecule has 1 aliphatic heterocycles. The molecule has 0 aromatic rings. The highest BCUT2D eigenvalue weighted by Crippen LogP contribution is 2.09. The van der Waals surface area contributed by atoms with Crippen molar-refractivity contribution >= 4 is 5.91 Å². The first-order valence-electron chi connectivity index (χ1n) is 6.37. The molecular weight excluding hydrogens is 202 g/mol. The molecule has 1 aliphatic rings. The first kappa shape index (κ1) is 13.5. The van der Waals surface area contributed by atoms with Crippen LogP contribution in [-0.4, -0.2) is 49.1 Å². The van der Waals surface area contributed by atoms with Gasteiger partial charge in [-0.05, 0) is 39.8 Å². The van der Waals surface area contributed by atoms with E-state index in [1.165, 1.54) is 12.8 Å². The molecule has 1 unspecified atom stereocenters. The molecule has 1 fully saturated rings. The van der Waals surface area contributed by atoms with E-state index < -0.39 is 0 Å². The van der Waals surface area contributed by atoms with Gasteiger partial charge in [-0.1, -0.05) is 6.92 Å². The maximum atomic E-state index is 11.7. The lowest BCUT2D eigenvalue weighted by molar-refractivity contribution is -0.123. The van der Waals surface area contributed by atoms with Crippen LogP contribution in [0.1, 0.15) is 33.6 Å². The van der Waals surface area contributed by atoms with Gasteiger partial charge in [0.15, 0.2) is 0 Å². The van der Waals surface area contributed by atoms with Crippen molar-refractivity contribution in [3.8, 4) is 0 Å². The molecule has 0 saturated carbocycles. The van der Waals surface area contributed by atoms with Crippen LogP contribution in [0.3, 0.4) is 0 Å². The van der Waals surface area contributed by atoms with Crippen molar-refractivity contribution in [3.05, 3.63) is 0 Å². The summed E-state index contributed by atoms with van der Waals surface area (Å²) in [6.07, 6.45) is 2.42.